The molecule has 2 rings (SSSR count). The van der Waals surface area contributed by atoms with E-state index < -0.39 is 0 Å². The number of rotatable bonds is 5. The zero-order chi connectivity index (χ0) is 17.5. The second-order valence-electron chi connectivity index (χ2n) is 6.76. The maximum absolute atomic E-state index is 12.2. The van der Waals surface area contributed by atoms with Crippen LogP contribution in [0.5, 0.6) is 0 Å². The van der Waals surface area contributed by atoms with Gasteiger partial charge in [-0.2, -0.15) is 0 Å². The number of amides is 2. The van der Waals surface area contributed by atoms with Crippen molar-refractivity contribution in [3.05, 3.63) is 41.7 Å². The predicted octanol–water partition coefficient (Wildman–Crippen LogP) is 2.65. The highest BCUT2D eigenvalue weighted by Crippen LogP contribution is 2.18. The first-order valence-electron chi connectivity index (χ1n) is 8.62. The van der Waals surface area contributed by atoms with E-state index in [1.54, 1.807) is 30.6 Å². The molecule has 1 aliphatic heterocycles. The lowest BCUT2D eigenvalue weighted by Gasteiger charge is -2.31. The maximum Gasteiger partial charge on any atom is 0.252 e. The minimum absolute atomic E-state index is 0.0860. The van der Waals surface area contributed by atoms with Crippen molar-refractivity contribution >= 4 is 11.8 Å². The van der Waals surface area contributed by atoms with E-state index in [2.05, 4.69) is 24.1 Å². The van der Waals surface area contributed by atoms with Gasteiger partial charge in [0.2, 0.25) is 5.91 Å². The molecule has 2 heterocycles. The fraction of sp³-hybridized carbons (Fsp3) is 0.526. The van der Waals surface area contributed by atoms with E-state index >= 15 is 0 Å². The molecule has 130 valence electrons. The molecule has 1 N–H and O–H groups in total. The van der Waals surface area contributed by atoms with Crippen molar-refractivity contribution in [2.45, 2.75) is 33.6 Å². The predicted molar refractivity (Wildman–Crippen MR) is 94.5 cm³/mol. The van der Waals surface area contributed by atoms with Crippen LogP contribution in [0.3, 0.4) is 0 Å². The van der Waals surface area contributed by atoms with Gasteiger partial charge in [0.05, 0.1) is 5.56 Å². The smallest absolute Gasteiger partial charge is 0.252 e. The summed E-state index contributed by atoms with van der Waals surface area (Å²) in [6, 6.07) is 3.51. The molecule has 24 heavy (non-hydrogen) atoms. The highest BCUT2D eigenvalue weighted by Gasteiger charge is 2.22. The molecule has 0 unspecified atom stereocenters. The Balaban J connectivity index is 1.76. The van der Waals surface area contributed by atoms with Crippen LogP contribution in [0.1, 0.15) is 44.0 Å². The summed E-state index contributed by atoms with van der Waals surface area (Å²) in [4.78, 5) is 30.1. The first-order valence-corrected chi connectivity index (χ1v) is 8.62. The summed E-state index contributed by atoms with van der Waals surface area (Å²) in [5.74, 6) is 0.843. The SMILES string of the molecule is C/C(=C\C(=O)N1CCC(CNC(=O)c2cccnc2)CC1)C(C)C. The van der Waals surface area contributed by atoms with Gasteiger partial charge in [0, 0.05) is 38.1 Å². The third kappa shape index (κ3) is 5.18. The van der Waals surface area contributed by atoms with Crippen molar-refractivity contribution < 1.29 is 9.59 Å². The average Bonchev–Trinajstić information content (AvgIpc) is 2.60. The third-order valence-corrected chi connectivity index (χ3v) is 4.66. The molecule has 0 saturated carbocycles. The van der Waals surface area contributed by atoms with Crippen molar-refractivity contribution in [3.8, 4) is 0 Å². The number of aromatic nitrogens is 1. The molecule has 5 nitrogen and oxygen atoms in total. The van der Waals surface area contributed by atoms with Gasteiger partial charge in [-0.3, -0.25) is 14.6 Å². The molecule has 2 amide bonds. The van der Waals surface area contributed by atoms with E-state index in [1.807, 2.05) is 11.8 Å². The molecular weight excluding hydrogens is 302 g/mol. The molecule has 0 spiro atoms. The monoisotopic (exact) mass is 329 g/mol. The Bertz CT molecular complexity index is 588. The zero-order valence-electron chi connectivity index (χ0n) is 14.8. The zero-order valence-corrected chi connectivity index (χ0v) is 14.8. The topological polar surface area (TPSA) is 62.3 Å². The number of hydrogen-bond donors (Lipinski definition) is 1. The molecule has 0 atom stereocenters. The van der Waals surface area contributed by atoms with Crippen LogP contribution in [0.2, 0.25) is 0 Å². The van der Waals surface area contributed by atoms with Crippen LogP contribution in [-0.2, 0) is 4.79 Å². The Kier molecular flexibility index (Phi) is 6.53. The number of piperidine rings is 1. The molecule has 1 aromatic rings. The molecule has 1 saturated heterocycles. The highest BCUT2D eigenvalue weighted by atomic mass is 16.2. The second kappa shape index (κ2) is 8.62. The third-order valence-electron chi connectivity index (χ3n) is 4.66. The van der Waals surface area contributed by atoms with Crippen molar-refractivity contribution in [2.24, 2.45) is 11.8 Å². The summed E-state index contributed by atoms with van der Waals surface area (Å²) in [5, 5.41) is 2.97. The van der Waals surface area contributed by atoms with Crippen LogP contribution in [-0.4, -0.2) is 41.3 Å². The first kappa shape index (κ1) is 18.2. The van der Waals surface area contributed by atoms with Gasteiger partial charge in [0.1, 0.15) is 0 Å². The molecular formula is C19H27N3O2. The summed E-state index contributed by atoms with van der Waals surface area (Å²) in [6.45, 7) is 8.36. The van der Waals surface area contributed by atoms with Crippen LogP contribution in [0, 0.1) is 11.8 Å². The van der Waals surface area contributed by atoms with Crippen LogP contribution < -0.4 is 5.32 Å². The average molecular weight is 329 g/mol. The molecule has 1 aromatic heterocycles. The Morgan fingerprint density at radius 3 is 2.67 bits per heavy atom. The molecule has 5 heteroatoms. The van der Waals surface area contributed by atoms with Crippen LogP contribution in [0.25, 0.3) is 0 Å². The summed E-state index contributed by atoms with van der Waals surface area (Å²) >= 11 is 0. The van der Waals surface area contributed by atoms with E-state index in [4.69, 9.17) is 0 Å². The lowest BCUT2D eigenvalue weighted by atomic mass is 9.96. The molecule has 0 radical (unpaired) electrons. The summed E-state index contributed by atoms with van der Waals surface area (Å²) in [6.07, 6.45) is 6.83. The number of pyridine rings is 1. The lowest BCUT2D eigenvalue weighted by Crippen LogP contribution is -2.41. The summed E-state index contributed by atoms with van der Waals surface area (Å²) in [7, 11) is 0. The Labute approximate surface area is 144 Å². The quantitative estimate of drug-likeness (QED) is 0.845. The van der Waals surface area contributed by atoms with Crippen molar-refractivity contribution in [3.63, 3.8) is 0 Å². The number of carbonyl (C=O) groups excluding carboxylic acids is 2. The Morgan fingerprint density at radius 1 is 1.38 bits per heavy atom. The number of nitrogens with one attached hydrogen (secondary N) is 1. The molecule has 0 bridgehead atoms. The lowest BCUT2D eigenvalue weighted by molar-refractivity contribution is -0.127. The van der Waals surface area contributed by atoms with Gasteiger partial charge in [-0.15, -0.1) is 0 Å². The van der Waals surface area contributed by atoms with Gasteiger partial charge in [0.15, 0.2) is 0 Å². The fourth-order valence-electron chi connectivity index (χ4n) is 2.65. The Hall–Kier alpha value is -2.17. The largest absolute Gasteiger partial charge is 0.352 e. The van der Waals surface area contributed by atoms with E-state index in [-0.39, 0.29) is 11.8 Å². The minimum Gasteiger partial charge on any atom is -0.352 e. The van der Waals surface area contributed by atoms with Gasteiger partial charge in [-0.05, 0) is 43.7 Å². The van der Waals surface area contributed by atoms with Crippen LogP contribution in [0.4, 0.5) is 0 Å². The minimum atomic E-state index is -0.0860. The standard InChI is InChI=1S/C19H27N3O2/c1-14(2)15(3)11-18(23)22-9-6-16(7-10-22)12-21-19(24)17-5-4-8-20-13-17/h4-5,8,11,13-14,16H,6-7,9-10,12H2,1-3H3,(H,21,24)/b15-11+. The molecule has 1 fully saturated rings. The number of likely N-dealkylation sites (tertiary alicyclic amines) is 1. The second-order valence-corrected chi connectivity index (χ2v) is 6.76. The van der Waals surface area contributed by atoms with Crippen molar-refractivity contribution in [2.75, 3.05) is 19.6 Å². The van der Waals surface area contributed by atoms with Crippen LogP contribution >= 0.6 is 0 Å². The molecule has 1 aliphatic rings. The summed E-state index contributed by atoms with van der Waals surface area (Å²) < 4.78 is 0. The number of allylic oxidation sites excluding steroid dienone is 1. The van der Waals surface area contributed by atoms with E-state index in [0.29, 0.717) is 23.9 Å². The van der Waals surface area contributed by atoms with Gasteiger partial charge < -0.3 is 10.2 Å². The number of carbonyl (C=O) groups is 2. The van der Waals surface area contributed by atoms with Crippen LogP contribution in [0.15, 0.2) is 36.2 Å². The van der Waals surface area contributed by atoms with E-state index in [1.165, 1.54) is 0 Å². The van der Waals surface area contributed by atoms with Gasteiger partial charge in [-0.25, -0.2) is 0 Å². The summed E-state index contributed by atoms with van der Waals surface area (Å²) in [5.41, 5.74) is 1.70. The highest BCUT2D eigenvalue weighted by molar-refractivity contribution is 5.93. The molecule has 0 aliphatic carbocycles. The number of nitrogens with zero attached hydrogens (tertiary/aromatic N) is 2. The fourth-order valence-corrected chi connectivity index (χ4v) is 2.65. The van der Waals surface area contributed by atoms with Crippen molar-refractivity contribution in [1.82, 2.24) is 15.2 Å². The van der Waals surface area contributed by atoms with Gasteiger partial charge >= 0.3 is 0 Å². The first-order chi connectivity index (χ1) is 11.5. The normalized spacial score (nSPS) is 16.3. The van der Waals surface area contributed by atoms with E-state index in [0.717, 1.165) is 31.5 Å². The van der Waals surface area contributed by atoms with Crippen molar-refractivity contribution in [1.29, 1.82) is 0 Å². The maximum atomic E-state index is 12.2. The Morgan fingerprint density at radius 2 is 2.08 bits per heavy atom. The number of hydrogen-bond acceptors (Lipinski definition) is 3. The van der Waals surface area contributed by atoms with E-state index in [9.17, 15) is 9.59 Å². The molecule has 0 aromatic carbocycles. The van der Waals surface area contributed by atoms with Gasteiger partial charge in [0.25, 0.3) is 5.91 Å². The van der Waals surface area contributed by atoms with Gasteiger partial charge in [-0.1, -0.05) is 19.4 Å².